The van der Waals surface area contributed by atoms with E-state index in [2.05, 4.69) is 6.92 Å². The van der Waals surface area contributed by atoms with Crippen molar-refractivity contribution in [3.63, 3.8) is 0 Å². The molecule has 0 aliphatic heterocycles. The Morgan fingerprint density at radius 3 is 2.08 bits per heavy atom. The Kier molecular flexibility index (Phi) is 9.69. The van der Waals surface area contributed by atoms with Crippen molar-refractivity contribution in [1.82, 2.24) is 0 Å². The van der Waals surface area contributed by atoms with Gasteiger partial charge in [-0.25, -0.2) is 13.2 Å². The summed E-state index contributed by atoms with van der Waals surface area (Å²) in [6.07, 6.45) is 3.70. The Hall–Kier alpha value is -2.19. The van der Waals surface area contributed by atoms with Gasteiger partial charge in [-0.15, -0.1) is 0 Å². The molecule has 2 fully saturated rings. The number of hydrogen-bond donors (Lipinski definition) is 1. The summed E-state index contributed by atoms with van der Waals surface area (Å²) in [6, 6.07) is 6.08. The van der Waals surface area contributed by atoms with E-state index >= 15 is 8.78 Å². The van der Waals surface area contributed by atoms with Crippen LogP contribution in [0.1, 0.15) is 64.7 Å². The third-order valence-corrected chi connectivity index (χ3v) is 8.51. The van der Waals surface area contributed by atoms with Crippen LogP contribution in [-0.2, 0) is 4.74 Å². The van der Waals surface area contributed by atoms with Gasteiger partial charge in [0.1, 0.15) is 30.0 Å². The van der Waals surface area contributed by atoms with Gasteiger partial charge >= 0.3 is 6.11 Å². The number of alkyl halides is 2. The Bertz CT molecular complexity index is 1010. The molecule has 1 N–H and O–H groups in total. The predicted molar refractivity (Wildman–Crippen MR) is 135 cm³/mol. The monoisotopic (exact) mass is 540 g/mol. The van der Waals surface area contributed by atoms with Gasteiger partial charge in [-0.1, -0.05) is 31.9 Å². The van der Waals surface area contributed by atoms with Gasteiger partial charge in [-0.2, -0.15) is 8.78 Å². The number of aliphatic hydroxyl groups is 1. The van der Waals surface area contributed by atoms with Gasteiger partial charge in [0, 0.05) is 12.1 Å². The zero-order valence-electron chi connectivity index (χ0n) is 21.8. The molecule has 4 rings (SSSR count). The zero-order chi connectivity index (χ0) is 27.3. The van der Waals surface area contributed by atoms with Crippen LogP contribution in [0.4, 0.5) is 22.0 Å². The lowest BCUT2D eigenvalue weighted by Gasteiger charge is -2.37. The largest absolute Gasteiger partial charge is 0.432 e. The summed E-state index contributed by atoms with van der Waals surface area (Å²) in [5.74, 6) is -2.44. The molecule has 1 unspecified atom stereocenters. The fourth-order valence-corrected chi connectivity index (χ4v) is 6.26. The highest BCUT2D eigenvalue weighted by molar-refractivity contribution is 5.65. The molecule has 3 nitrogen and oxygen atoms in total. The molecule has 0 aromatic heterocycles. The Morgan fingerprint density at radius 1 is 0.895 bits per heavy atom. The van der Waals surface area contributed by atoms with Crippen LogP contribution in [0.25, 0.3) is 11.1 Å². The quantitative estimate of drug-likeness (QED) is 0.243. The molecule has 0 heterocycles. The summed E-state index contributed by atoms with van der Waals surface area (Å²) in [6.45, 7) is 2.43. The SMILES string of the molecule is CC1CCC(C(COCO)CC2CCC(C(F)(F)Oc3cc(F)c(-c4ccc(F)cc4)c(F)c3)CC2)CC1. The van der Waals surface area contributed by atoms with Crippen LogP contribution in [0, 0.1) is 47.0 Å². The number of aliphatic hydroxyl groups excluding tert-OH is 1. The minimum atomic E-state index is -3.57. The molecule has 2 saturated carbocycles. The zero-order valence-corrected chi connectivity index (χ0v) is 21.8. The highest BCUT2D eigenvalue weighted by Crippen LogP contribution is 2.44. The lowest BCUT2D eigenvalue weighted by molar-refractivity contribution is -0.224. The first-order valence-corrected chi connectivity index (χ1v) is 13.7. The van der Waals surface area contributed by atoms with Crippen molar-refractivity contribution in [1.29, 1.82) is 0 Å². The van der Waals surface area contributed by atoms with Crippen molar-refractivity contribution in [3.8, 4) is 16.9 Å². The van der Waals surface area contributed by atoms with E-state index in [1.165, 1.54) is 25.0 Å². The molecule has 210 valence electrons. The van der Waals surface area contributed by atoms with E-state index < -0.39 is 40.8 Å². The van der Waals surface area contributed by atoms with E-state index in [1.54, 1.807) is 0 Å². The van der Waals surface area contributed by atoms with Crippen molar-refractivity contribution in [2.24, 2.45) is 29.6 Å². The topological polar surface area (TPSA) is 38.7 Å². The molecule has 2 aliphatic rings. The van der Waals surface area contributed by atoms with Crippen LogP contribution in [0.3, 0.4) is 0 Å². The summed E-state index contributed by atoms with van der Waals surface area (Å²) in [5, 5.41) is 9.14. The first-order chi connectivity index (χ1) is 18.2. The van der Waals surface area contributed by atoms with Crippen LogP contribution in [0.15, 0.2) is 36.4 Å². The first kappa shape index (κ1) is 28.8. The van der Waals surface area contributed by atoms with Crippen LogP contribution < -0.4 is 4.74 Å². The summed E-state index contributed by atoms with van der Waals surface area (Å²) in [5.41, 5.74) is -0.322. The summed E-state index contributed by atoms with van der Waals surface area (Å²) >= 11 is 0. The van der Waals surface area contributed by atoms with Gasteiger partial charge in [-0.05, 0) is 86.3 Å². The molecule has 2 aromatic carbocycles. The number of rotatable bonds is 10. The Labute approximate surface area is 221 Å². The van der Waals surface area contributed by atoms with Gasteiger partial charge < -0.3 is 14.6 Å². The van der Waals surface area contributed by atoms with Crippen LogP contribution in [0.2, 0.25) is 0 Å². The highest BCUT2D eigenvalue weighted by Gasteiger charge is 2.44. The minimum Gasteiger partial charge on any atom is -0.432 e. The van der Waals surface area contributed by atoms with Gasteiger partial charge in [-0.3, -0.25) is 0 Å². The molecular weight excluding hydrogens is 503 g/mol. The molecule has 0 bridgehead atoms. The van der Waals surface area contributed by atoms with Crippen LogP contribution in [0.5, 0.6) is 5.75 Å². The van der Waals surface area contributed by atoms with Crippen molar-refractivity contribution < 1.29 is 36.5 Å². The van der Waals surface area contributed by atoms with Crippen molar-refractivity contribution in [3.05, 3.63) is 53.8 Å². The van der Waals surface area contributed by atoms with E-state index in [-0.39, 0.29) is 25.2 Å². The smallest absolute Gasteiger partial charge is 0.400 e. The second-order valence-corrected chi connectivity index (χ2v) is 11.2. The third-order valence-electron chi connectivity index (χ3n) is 8.51. The lowest BCUT2D eigenvalue weighted by atomic mass is 9.71. The van der Waals surface area contributed by atoms with Gasteiger partial charge in [0.15, 0.2) is 0 Å². The van der Waals surface area contributed by atoms with Gasteiger partial charge in [0.05, 0.1) is 18.1 Å². The van der Waals surface area contributed by atoms with E-state index in [0.717, 1.165) is 49.4 Å². The van der Waals surface area contributed by atoms with Crippen molar-refractivity contribution in [2.75, 3.05) is 13.4 Å². The normalized spacial score (nSPS) is 25.2. The van der Waals surface area contributed by atoms with Gasteiger partial charge in [0.2, 0.25) is 0 Å². The number of hydrogen-bond acceptors (Lipinski definition) is 3. The van der Waals surface area contributed by atoms with Crippen LogP contribution >= 0.6 is 0 Å². The molecule has 1 atom stereocenters. The Morgan fingerprint density at radius 2 is 1.50 bits per heavy atom. The molecule has 0 spiro atoms. The molecule has 38 heavy (non-hydrogen) atoms. The maximum Gasteiger partial charge on any atom is 0.400 e. The number of ether oxygens (including phenoxy) is 2. The van der Waals surface area contributed by atoms with E-state index in [4.69, 9.17) is 14.6 Å². The van der Waals surface area contributed by atoms with E-state index in [1.807, 2.05) is 0 Å². The summed E-state index contributed by atoms with van der Waals surface area (Å²) < 4.78 is 82.8. The van der Waals surface area contributed by atoms with Gasteiger partial charge in [0.25, 0.3) is 0 Å². The molecule has 2 aliphatic carbocycles. The fourth-order valence-electron chi connectivity index (χ4n) is 6.26. The minimum absolute atomic E-state index is 0.100. The molecule has 0 amide bonds. The van der Waals surface area contributed by atoms with Crippen molar-refractivity contribution in [2.45, 2.75) is 70.8 Å². The standard InChI is InChI=1S/C30H37F5O3/c1-19-2-6-21(7-3-19)23(17-37-18-36)14-20-4-10-24(11-5-20)30(34,35)38-26-15-27(32)29(28(33)16-26)22-8-12-25(31)13-9-22/h8-9,12-13,15-16,19-21,23-24,36H,2-7,10-11,14,17-18H2,1H3. The second-order valence-electron chi connectivity index (χ2n) is 11.2. The Balaban J connectivity index is 1.35. The molecule has 0 saturated heterocycles. The molecule has 0 radical (unpaired) electrons. The average molecular weight is 541 g/mol. The predicted octanol–water partition coefficient (Wildman–Crippen LogP) is 8.35. The maximum absolute atomic E-state index is 15.1. The molecule has 2 aromatic rings. The maximum atomic E-state index is 15.1. The first-order valence-electron chi connectivity index (χ1n) is 13.7. The lowest BCUT2D eigenvalue weighted by Crippen LogP contribution is -2.38. The average Bonchev–Trinajstić information content (AvgIpc) is 2.88. The number of halogens is 5. The third kappa shape index (κ3) is 7.26. The molecule has 8 heteroatoms. The fraction of sp³-hybridized carbons (Fsp3) is 0.600. The number of benzene rings is 2. The second kappa shape index (κ2) is 12.8. The summed E-state index contributed by atoms with van der Waals surface area (Å²) in [4.78, 5) is 0. The molecular formula is C30H37F5O3. The van der Waals surface area contributed by atoms with E-state index in [9.17, 15) is 13.2 Å². The van der Waals surface area contributed by atoms with Crippen LogP contribution in [-0.4, -0.2) is 24.6 Å². The van der Waals surface area contributed by atoms with E-state index in [0.29, 0.717) is 37.2 Å². The van der Waals surface area contributed by atoms with Crippen molar-refractivity contribution >= 4 is 0 Å². The summed E-state index contributed by atoms with van der Waals surface area (Å²) in [7, 11) is 0. The highest BCUT2D eigenvalue weighted by atomic mass is 19.3.